The summed E-state index contributed by atoms with van der Waals surface area (Å²) in [5.41, 5.74) is 0.310. The lowest BCUT2D eigenvalue weighted by atomic mass is 9.98. The number of hydrogen-bond acceptors (Lipinski definition) is 4. The third kappa shape index (κ3) is 3.01. The Morgan fingerprint density at radius 2 is 2.19 bits per heavy atom. The second kappa shape index (κ2) is 5.38. The van der Waals surface area contributed by atoms with Crippen LogP contribution >= 0.6 is 0 Å². The molecule has 2 heterocycles. The Kier molecular flexibility index (Phi) is 3.57. The van der Waals surface area contributed by atoms with Crippen molar-refractivity contribution in [3.8, 4) is 0 Å². The highest BCUT2D eigenvalue weighted by Gasteiger charge is 2.31. The summed E-state index contributed by atoms with van der Waals surface area (Å²) < 4.78 is 5.17. The molecule has 0 bridgehead atoms. The second-order valence-electron chi connectivity index (χ2n) is 5.91. The first-order valence-corrected chi connectivity index (χ1v) is 7.31. The number of amides is 2. The molecule has 2 atom stereocenters. The predicted molar refractivity (Wildman–Crippen MR) is 73.2 cm³/mol. The van der Waals surface area contributed by atoms with Gasteiger partial charge >= 0.3 is 6.09 Å². The molecule has 114 valence electrons. The van der Waals surface area contributed by atoms with Gasteiger partial charge in [0, 0.05) is 30.6 Å². The quantitative estimate of drug-likeness (QED) is 0.886. The van der Waals surface area contributed by atoms with Crippen molar-refractivity contribution in [2.45, 2.75) is 50.6 Å². The first-order chi connectivity index (χ1) is 10.0. The second-order valence-corrected chi connectivity index (χ2v) is 5.91. The van der Waals surface area contributed by atoms with E-state index in [1.165, 1.54) is 4.90 Å². The van der Waals surface area contributed by atoms with Gasteiger partial charge in [-0.2, -0.15) is 0 Å². The third-order valence-electron chi connectivity index (χ3n) is 4.20. The number of nitrogens with zero attached hydrogens (tertiary/aromatic N) is 2. The smallest absolute Gasteiger partial charge is 0.407 e. The van der Waals surface area contributed by atoms with E-state index in [1.54, 1.807) is 6.07 Å². The molecule has 1 aromatic heterocycles. The Morgan fingerprint density at radius 1 is 1.43 bits per heavy atom. The lowest BCUT2D eigenvalue weighted by Gasteiger charge is -2.35. The fourth-order valence-electron chi connectivity index (χ4n) is 2.80. The number of aromatic nitrogens is 1. The maximum atomic E-state index is 12.1. The highest BCUT2D eigenvalue weighted by molar-refractivity contribution is 5.92. The molecule has 1 aromatic rings. The fraction of sp³-hybridized carbons (Fsp3) is 0.643. The first-order valence-electron chi connectivity index (χ1n) is 7.31. The molecule has 2 amide bonds. The lowest BCUT2D eigenvalue weighted by Crippen LogP contribution is -2.50. The minimum Gasteiger partial charge on any atom is -0.465 e. The first kappa shape index (κ1) is 13.9. The van der Waals surface area contributed by atoms with E-state index in [0.717, 1.165) is 18.6 Å². The lowest BCUT2D eigenvalue weighted by molar-refractivity contribution is 0.0848. The Labute approximate surface area is 122 Å². The highest BCUT2D eigenvalue weighted by Crippen LogP contribution is 2.40. The molecule has 2 fully saturated rings. The van der Waals surface area contributed by atoms with Crippen LogP contribution in [0.25, 0.3) is 0 Å². The van der Waals surface area contributed by atoms with Gasteiger partial charge in [0.2, 0.25) is 0 Å². The molecular formula is C14H19N3O4. The van der Waals surface area contributed by atoms with Crippen LogP contribution in [-0.4, -0.2) is 45.8 Å². The van der Waals surface area contributed by atoms with Crippen molar-refractivity contribution in [3.63, 3.8) is 0 Å². The van der Waals surface area contributed by atoms with E-state index in [2.05, 4.69) is 10.5 Å². The van der Waals surface area contributed by atoms with E-state index in [0.29, 0.717) is 31.0 Å². The fourth-order valence-corrected chi connectivity index (χ4v) is 2.80. The van der Waals surface area contributed by atoms with Crippen LogP contribution in [0.15, 0.2) is 10.6 Å². The zero-order chi connectivity index (χ0) is 15.0. The summed E-state index contributed by atoms with van der Waals surface area (Å²) in [5.74, 6) is 0.971. The van der Waals surface area contributed by atoms with Crippen LogP contribution in [0.2, 0.25) is 0 Å². The van der Waals surface area contributed by atoms with E-state index >= 15 is 0 Å². The van der Waals surface area contributed by atoms with Crippen LogP contribution in [0.1, 0.15) is 54.8 Å². The SMILES string of the molecule is C[C@@H]1C[C@@H](NC(=O)c2cc(C3CC3)on2)CCN1C(=O)O. The van der Waals surface area contributed by atoms with E-state index in [1.807, 2.05) is 6.92 Å². The van der Waals surface area contributed by atoms with Crippen molar-refractivity contribution in [2.24, 2.45) is 0 Å². The van der Waals surface area contributed by atoms with Crippen LogP contribution in [0.5, 0.6) is 0 Å². The molecule has 1 aliphatic carbocycles. The van der Waals surface area contributed by atoms with E-state index < -0.39 is 6.09 Å². The summed E-state index contributed by atoms with van der Waals surface area (Å²) in [6.07, 6.45) is 2.53. The number of nitrogens with one attached hydrogen (secondary N) is 1. The summed E-state index contributed by atoms with van der Waals surface area (Å²) >= 11 is 0. The van der Waals surface area contributed by atoms with Crippen LogP contribution in [-0.2, 0) is 0 Å². The molecule has 1 saturated heterocycles. The summed E-state index contributed by atoms with van der Waals surface area (Å²) in [4.78, 5) is 24.5. The van der Waals surface area contributed by atoms with Gasteiger partial charge in [-0.05, 0) is 32.6 Å². The van der Waals surface area contributed by atoms with E-state index in [-0.39, 0.29) is 18.0 Å². The van der Waals surface area contributed by atoms with E-state index in [9.17, 15) is 9.59 Å². The average Bonchev–Trinajstić information content (AvgIpc) is 3.16. The van der Waals surface area contributed by atoms with Crippen LogP contribution in [0, 0.1) is 0 Å². The molecule has 2 aliphatic rings. The standard InChI is InChI=1S/C14H19N3O4/c1-8-6-10(4-5-17(8)14(19)20)15-13(18)11-7-12(21-16-11)9-2-3-9/h7-10H,2-6H2,1H3,(H,15,18)(H,19,20)/t8-,10+/m1/s1. The number of likely N-dealkylation sites (tertiary alicyclic amines) is 1. The molecule has 0 radical (unpaired) electrons. The Balaban J connectivity index is 1.56. The average molecular weight is 293 g/mol. The van der Waals surface area contributed by atoms with Crippen molar-refractivity contribution in [2.75, 3.05) is 6.54 Å². The monoisotopic (exact) mass is 293 g/mol. The number of piperidine rings is 1. The van der Waals surface area contributed by atoms with Gasteiger partial charge in [-0.3, -0.25) is 4.79 Å². The van der Waals surface area contributed by atoms with Crippen LogP contribution in [0.4, 0.5) is 4.79 Å². The number of rotatable bonds is 3. The Morgan fingerprint density at radius 3 is 2.81 bits per heavy atom. The highest BCUT2D eigenvalue weighted by atomic mass is 16.5. The van der Waals surface area contributed by atoms with Crippen molar-refractivity contribution >= 4 is 12.0 Å². The molecule has 1 aliphatic heterocycles. The molecular weight excluding hydrogens is 274 g/mol. The maximum Gasteiger partial charge on any atom is 0.407 e. The topological polar surface area (TPSA) is 95.7 Å². The largest absolute Gasteiger partial charge is 0.465 e. The zero-order valence-electron chi connectivity index (χ0n) is 11.9. The molecule has 2 N–H and O–H groups in total. The molecule has 0 spiro atoms. The minimum atomic E-state index is -0.905. The third-order valence-corrected chi connectivity index (χ3v) is 4.20. The normalized spacial score (nSPS) is 25.7. The predicted octanol–water partition coefficient (Wildman–Crippen LogP) is 1.81. The molecule has 1 saturated carbocycles. The molecule has 0 aromatic carbocycles. The van der Waals surface area contributed by atoms with Gasteiger partial charge in [0.1, 0.15) is 5.76 Å². The van der Waals surface area contributed by atoms with Crippen molar-refractivity contribution in [3.05, 3.63) is 17.5 Å². The van der Waals surface area contributed by atoms with Crippen molar-refractivity contribution in [1.29, 1.82) is 0 Å². The van der Waals surface area contributed by atoms with Gasteiger partial charge < -0.3 is 19.8 Å². The summed E-state index contributed by atoms with van der Waals surface area (Å²) in [6, 6.07) is 1.59. The number of carboxylic acid groups (broad SMARTS) is 1. The van der Waals surface area contributed by atoms with E-state index in [4.69, 9.17) is 9.63 Å². The number of carbonyl (C=O) groups excluding carboxylic acids is 1. The molecule has 0 unspecified atom stereocenters. The van der Waals surface area contributed by atoms with Crippen molar-refractivity contribution in [1.82, 2.24) is 15.4 Å². The maximum absolute atomic E-state index is 12.1. The molecule has 3 rings (SSSR count). The van der Waals surface area contributed by atoms with Gasteiger partial charge in [-0.15, -0.1) is 0 Å². The summed E-state index contributed by atoms with van der Waals surface area (Å²) in [6.45, 7) is 2.29. The van der Waals surface area contributed by atoms with Gasteiger partial charge in [0.05, 0.1) is 0 Å². The number of carbonyl (C=O) groups is 2. The molecule has 21 heavy (non-hydrogen) atoms. The van der Waals surface area contributed by atoms with Gasteiger partial charge in [0.25, 0.3) is 5.91 Å². The zero-order valence-corrected chi connectivity index (χ0v) is 11.9. The van der Waals surface area contributed by atoms with Crippen LogP contribution in [0.3, 0.4) is 0 Å². The number of hydrogen-bond donors (Lipinski definition) is 2. The van der Waals surface area contributed by atoms with Gasteiger partial charge in [0.15, 0.2) is 5.69 Å². The summed E-state index contributed by atoms with van der Waals surface area (Å²) in [7, 11) is 0. The molecule has 7 nitrogen and oxygen atoms in total. The van der Waals surface area contributed by atoms with Gasteiger partial charge in [-0.25, -0.2) is 4.79 Å². The summed E-state index contributed by atoms with van der Waals surface area (Å²) in [5, 5.41) is 15.8. The Hall–Kier alpha value is -2.05. The molecule has 7 heteroatoms. The van der Waals surface area contributed by atoms with Crippen molar-refractivity contribution < 1.29 is 19.2 Å². The van der Waals surface area contributed by atoms with Gasteiger partial charge in [-0.1, -0.05) is 5.16 Å². The minimum absolute atomic E-state index is 0.0239. The Bertz CT molecular complexity index is 552. The van der Waals surface area contributed by atoms with Crippen LogP contribution < -0.4 is 5.32 Å².